The van der Waals surface area contributed by atoms with Crippen LogP contribution in [0.1, 0.15) is 38.5 Å². The van der Waals surface area contributed by atoms with Crippen LogP contribution in [0.2, 0.25) is 0 Å². The van der Waals surface area contributed by atoms with Crippen LogP contribution >= 0.6 is 0 Å². The van der Waals surface area contributed by atoms with E-state index in [1.165, 1.54) is 44.2 Å². The molecule has 2 bridgehead atoms. The zero-order chi connectivity index (χ0) is 8.18. The van der Waals surface area contributed by atoms with Gasteiger partial charge >= 0.3 is 0 Å². The second-order valence-electron chi connectivity index (χ2n) is 4.70. The van der Waals surface area contributed by atoms with Gasteiger partial charge in [-0.25, -0.2) is 0 Å². The minimum absolute atomic E-state index is 0.400. The summed E-state index contributed by atoms with van der Waals surface area (Å²) in [4.78, 5) is 0. The molecule has 3 rings (SSSR count). The van der Waals surface area contributed by atoms with E-state index < -0.39 is 0 Å². The minimum Gasteiger partial charge on any atom is -0.411 e. The Morgan fingerprint density at radius 2 is 2.17 bits per heavy atom. The topological polar surface area (TPSA) is 32.6 Å². The molecule has 0 saturated heterocycles. The zero-order valence-electron chi connectivity index (χ0n) is 7.29. The smallest absolute Gasteiger partial charge is 0.0666 e. The lowest BCUT2D eigenvalue weighted by Gasteiger charge is -2.45. The second-order valence-corrected chi connectivity index (χ2v) is 4.70. The van der Waals surface area contributed by atoms with Gasteiger partial charge in [0.15, 0.2) is 0 Å². The molecule has 0 amide bonds. The van der Waals surface area contributed by atoms with E-state index in [-0.39, 0.29) is 0 Å². The molecule has 0 aromatic carbocycles. The van der Waals surface area contributed by atoms with Crippen molar-refractivity contribution in [1.29, 1.82) is 0 Å². The third-order valence-electron chi connectivity index (χ3n) is 4.46. The van der Waals surface area contributed by atoms with Gasteiger partial charge in [0, 0.05) is 11.3 Å². The van der Waals surface area contributed by atoms with E-state index in [0.717, 1.165) is 5.92 Å². The van der Waals surface area contributed by atoms with E-state index >= 15 is 0 Å². The molecule has 3 aliphatic rings. The lowest BCUT2D eigenvalue weighted by Crippen LogP contribution is -2.42. The Morgan fingerprint density at radius 1 is 1.33 bits per heavy atom. The molecule has 2 nitrogen and oxygen atoms in total. The van der Waals surface area contributed by atoms with Gasteiger partial charge in [0.25, 0.3) is 0 Å². The van der Waals surface area contributed by atoms with Gasteiger partial charge in [-0.15, -0.1) is 0 Å². The van der Waals surface area contributed by atoms with Gasteiger partial charge in [-0.2, -0.15) is 0 Å². The lowest BCUT2D eigenvalue weighted by molar-refractivity contribution is 0.140. The Morgan fingerprint density at radius 3 is 2.67 bits per heavy atom. The van der Waals surface area contributed by atoms with Crippen molar-refractivity contribution >= 4 is 5.71 Å². The van der Waals surface area contributed by atoms with Crippen LogP contribution in [-0.4, -0.2) is 10.9 Å². The fraction of sp³-hybridized carbons (Fsp3) is 0.900. The maximum atomic E-state index is 8.98. The van der Waals surface area contributed by atoms with E-state index in [1.54, 1.807) is 0 Å². The first-order valence-corrected chi connectivity index (χ1v) is 5.09. The van der Waals surface area contributed by atoms with Crippen molar-refractivity contribution in [2.45, 2.75) is 38.5 Å². The van der Waals surface area contributed by atoms with Gasteiger partial charge < -0.3 is 5.21 Å². The maximum absolute atomic E-state index is 8.98. The fourth-order valence-electron chi connectivity index (χ4n) is 3.75. The SMILES string of the molecule is O/N=C1/[C@@H]2CC[C@@H](C2)C12CCC2. The Labute approximate surface area is 72.6 Å². The van der Waals surface area contributed by atoms with Crippen molar-refractivity contribution < 1.29 is 5.21 Å². The molecule has 66 valence electrons. The molecule has 0 radical (unpaired) electrons. The minimum atomic E-state index is 0.400. The van der Waals surface area contributed by atoms with Crippen LogP contribution in [0.15, 0.2) is 5.16 Å². The number of hydrogen-bond acceptors (Lipinski definition) is 2. The summed E-state index contributed by atoms with van der Waals surface area (Å²) in [7, 11) is 0. The highest BCUT2D eigenvalue weighted by molar-refractivity contribution is 5.95. The van der Waals surface area contributed by atoms with Crippen LogP contribution in [-0.2, 0) is 0 Å². The van der Waals surface area contributed by atoms with Gasteiger partial charge in [0.2, 0.25) is 0 Å². The molecule has 1 spiro atoms. The van der Waals surface area contributed by atoms with Crippen LogP contribution in [0.5, 0.6) is 0 Å². The van der Waals surface area contributed by atoms with Gasteiger partial charge in [0.1, 0.15) is 0 Å². The lowest BCUT2D eigenvalue weighted by atomic mass is 9.59. The van der Waals surface area contributed by atoms with Crippen molar-refractivity contribution in [3.63, 3.8) is 0 Å². The largest absolute Gasteiger partial charge is 0.411 e. The highest BCUT2D eigenvalue weighted by Crippen LogP contribution is 2.62. The molecule has 0 unspecified atom stereocenters. The van der Waals surface area contributed by atoms with Gasteiger partial charge in [-0.05, 0) is 38.0 Å². The van der Waals surface area contributed by atoms with Crippen molar-refractivity contribution in [3.8, 4) is 0 Å². The van der Waals surface area contributed by atoms with E-state index in [4.69, 9.17) is 5.21 Å². The summed E-state index contributed by atoms with van der Waals surface area (Å²) >= 11 is 0. The van der Waals surface area contributed by atoms with Crippen LogP contribution in [0.25, 0.3) is 0 Å². The number of hydrogen-bond donors (Lipinski definition) is 1. The molecular formula is C10H15NO. The van der Waals surface area contributed by atoms with Crippen LogP contribution < -0.4 is 0 Å². The molecule has 12 heavy (non-hydrogen) atoms. The molecule has 0 aliphatic heterocycles. The number of oxime groups is 1. The first kappa shape index (κ1) is 6.93. The summed E-state index contributed by atoms with van der Waals surface area (Å²) in [6, 6.07) is 0. The summed E-state index contributed by atoms with van der Waals surface area (Å²) in [6.45, 7) is 0. The molecule has 0 aromatic heterocycles. The average Bonchev–Trinajstić information content (AvgIpc) is 2.56. The summed E-state index contributed by atoms with van der Waals surface area (Å²) in [6.07, 6.45) is 7.94. The monoisotopic (exact) mass is 165 g/mol. The van der Waals surface area contributed by atoms with Gasteiger partial charge in [-0.1, -0.05) is 11.6 Å². The summed E-state index contributed by atoms with van der Waals surface area (Å²) in [5.41, 5.74) is 1.57. The predicted octanol–water partition coefficient (Wildman–Crippen LogP) is 2.42. The van der Waals surface area contributed by atoms with Crippen LogP contribution in [0.4, 0.5) is 0 Å². The van der Waals surface area contributed by atoms with Crippen molar-refractivity contribution in [3.05, 3.63) is 0 Å². The Kier molecular flexibility index (Phi) is 1.18. The van der Waals surface area contributed by atoms with Gasteiger partial charge in [0.05, 0.1) is 5.71 Å². The van der Waals surface area contributed by atoms with Crippen LogP contribution in [0, 0.1) is 17.3 Å². The Bertz CT molecular complexity index is 242. The van der Waals surface area contributed by atoms with Crippen molar-refractivity contribution in [1.82, 2.24) is 0 Å². The first-order chi connectivity index (χ1) is 5.87. The van der Waals surface area contributed by atoms with E-state index in [9.17, 15) is 0 Å². The third-order valence-corrected chi connectivity index (χ3v) is 4.46. The van der Waals surface area contributed by atoms with E-state index in [2.05, 4.69) is 5.16 Å². The summed E-state index contributed by atoms with van der Waals surface area (Å²) < 4.78 is 0. The number of rotatable bonds is 0. The number of fused-ring (bicyclic) bond motifs is 3. The number of nitrogens with zero attached hydrogens (tertiary/aromatic N) is 1. The normalized spacial score (nSPS) is 45.5. The molecule has 3 saturated carbocycles. The van der Waals surface area contributed by atoms with E-state index in [0.29, 0.717) is 11.3 Å². The molecule has 2 atom stereocenters. The molecule has 1 N–H and O–H groups in total. The molecule has 3 fully saturated rings. The average molecular weight is 165 g/mol. The van der Waals surface area contributed by atoms with Crippen molar-refractivity contribution in [2.75, 3.05) is 0 Å². The van der Waals surface area contributed by atoms with E-state index in [1.807, 2.05) is 0 Å². The fourth-order valence-corrected chi connectivity index (χ4v) is 3.75. The first-order valence-electron chi connectivity index (χ1n) is 5.09. The Hall–Kier alpha value is -0.530. The standard InChI is InChI=1S/C10H15NO/c12-11-9-7-2-3-8(6-7)10(9)4-1-5-10/h7-8,12H,1-6H2/b11-9-/t7-,8+/m1/s1. The zero-order valence-corrected chi connectivity index (χ0v) is 7.29. The van der Waals surface area contributed by atoms with Crippen LogP contribution in [0.3, 0.4) is 0 Å². The second kappa shape index (κ2) is 2.04. The maximum Gasteiger partial charge on any atom is 0.0666 e. The molecule has 2 heteroatoms. The highest BCUT2D eigenvalue weighted by Gasteiger charge is 2.58. The molecular weight excluding hydrogens is 150 g/mol. The Balaban J connectivity index is 2.01. The summed E-state index contributed by atoms with van der Waals surface area (Å²) in [5, 5.41) is 12.5. The predicted molar refractivity (Wildman–Crippen MR) is 46.3 cm³/mol. The molecule has 3 aliphatic carbocycles. The quantitative estimate of drug-likeness (QED) is 0.434. The molecule has 0 heterocycles. The molecule has 0 aromatic rings. The summed E-state index contributed by atoms with van der Waals surface area (Å²) in [5.74, 6) is 1.53. The van der Waals surface area contributed by atoms with Gasteiger partial charge in [-0.3, -0.25) is 0 Å². The highest BCUT2D eigenvalue weighted by atomic mass is 16.4. The van der Waals surface area contributed by atoms with Crippen molar-refractivity contribution in [2.24, 2.45) is 22.4 Å². The third kappa shape index (κ3) is 0.572.